The van der Waals surface area contributed by atoms with Gasteiger partial charge in [-0.1, -0.05) is 42.9 Å². The van der Waals surface area contributed by atoms with Gasteiger partial charge in [0.05, 0.1) is 46.6 Å². The molecule has 0 fully saturated rings. The molecule has 0 amide bonds. The van der Waals surface area contributed by atoms with Gasteiger partial charge in [0.1, 0.15) is 47.3 Å². The van der Waals surface area contributed by atoms with Gasteiger partial charge < -0.3 is 43.1 Å². The zero-order chi connectivity index (χ0) is 50.3. The van der Waals surface area contributed by atoms with E-state index in [1.807, 2.05) is 19.9 Å². The number of phenols is 1. The lowest BCUT2D eigenvalue weighted by Gasteiger charge is -2.23. The quantitative estimate of drug-likeness (QED) is 0.0524. The molecule has 4 rings (SSSR count). The highest BCUT2D eigenvalue weighted by molar-refractivity contribution is 7.88. The van der Waals surface area contributed by atoms with Gasteiger partial charge >= 0.3 is 19.5 Å². The molecule has 0 radical (unpaired) electrons. The molecule has 0 atom stereocenters. The minimum absolute atomic E-state index is 0.0575. The minimum Gasteiger partial charge on any atom is -0.507 e. The van der Waals surface area contributed by atoms with Gasteiger partial charge in [-0.3, -0.25) is 4.57 Å². The lowest BCUT2D eigenvalue weighted by Crippen LogP contribution is -2.34. The highest BCUT2D eigenvalue weighted by Gasteiger charge is 2.34. The zero-order valence-electron chi connectivity index (χ0n) is 40.4. The Balaban J connectivity index is 0.000000356. The Morgan fingerprint density at radius 2 is 1.17 bits per heavy atom. The van der Waals surface area contributed by atoms with Gasteiger partial charge in [0.25, 0.3) is 0 Å². The van der Waals surface area contributed by atoms with E-state index in [9.17, 15) is 40.7 Å². The average Bonchev–Trinajstić information content (AvgIpc) is 3.76. The summed E-state index contributed by atoms with van der Waals surface area (Å²) in [6, 6.07) is 0.934. The molecule has 2 aliphatic heterocycles. The molecule has 3 N–H and O–H groups in total. The van der Waals surface area contributed by atoms with Crippen LogP contribution in [0.25, 0.3) is 0 Å². The smallest absolute Gasteiger partial charge is 0.342 e. The Kier molecular flexibility index (Phi) is 19.6. The van der Waals surface area contributed by atoms with E-state index < -0.39 is 61.0 Å². The largest absolute Gasteiger partial charge is 0.507 e. The van der Waals surface area contributed by atoms with Crippen molar-refractivity contribution in [1.29, 1.82) is 0 Å². The van der Waals surface area contributed by atoms with Crippen LogP contribution >= 0.6 is 14.7 Å². The molecule has 2 aromatic rings. The predicted octanol–water partition coefficient (Wildman–Crippen LogP) is 6.07. The lowest BCUT2D eigenvalue weighted by molar-refractivity contribution is 0.0523. The third-order valence-corrected chi connectivity index (χ3v) is 17.3. The van der Waals surface area contributed by atoms with Crippen molar-refractivity contribution in [3.8, 4) is 23.0 Å². The van der Waals surface area contributed by atoms with Gasteiger partial charge in [-0.05, 0) is 71.0 Å². The second-order valence-electron chi connectivity index (χ2n) is 18.4. The fourth-order valence-corrected chi connectivity index (χ4v) is 11.1. The molecule has 23 heteroatoms. The number of carbonyl (C=O) groups is 2. The highest BCUT2D eigenvalue weighted by atomic mass is 32.2. The Morgan fingerprint density at radius 3 is 1.59 bits per heavy atom. The fourth-order valence-electron chi connectivity index (χ4n) is 7.21. The lowest BCUT2D eigenvalue weighted by atomic mass is 9.95. The van der Waals surface area contributed by atoms with Crippen molar-refractivity contribution in [3.05, 3.63) is 67.8 Å². The summed E-state index contributed by atoms with van der Waals surface area (Å²) in [4.78, 5) is 42.7. The first-order valence-electron chi connectivity index (χ1n) is 21.1. The molecular formula is C43H68N2O16P2S2Si. The number of aromatic hydroxyl groups is 1. The van der Waals surface area contributed by atoms with E-state index in [4.69, 9.17) is 33.5 Å². The van der Waals surface area contributed by atoms with Crippen LogP contribution in [-0.4, -0.2) is 146 Å². The molecule has 0 aliphatic carbocycles. The van der Waals surface area contributed by atoms with Crippen molar-refractivity contribution in [2.24, 2.45) is 0 Å². The molecule has 2 heterocycles. The average molecular weight is 1020 g/mol. The summed E-state index contributed by atoms with van der Waals surface area (Å²) in [6.07, 6.45) is 6.01. The van der Waals surface area contributed by atoms with Crippen LogP contribution in [0.3, 0.4) is 0 Å². The van der Waals surface area contributed by atoms with Crippen molar-refractivity contribution < 1.29 is 74.1 Å². The number of carbonyl (C=O) groups excluding carboxylic acids is 2. The van der Waals surface area contributed by atoms with Crippen LogP contribution in [-0.2, 0) is 64.7 Å². The summed E-state index contributed by atoms with van der Waals surface area (Å²) >= 11 is 0. The second-order valence-corrected chi connectivity index (χ2v) is 33.3. The van der Waals surface area contributed by atoms with Crippen molar-refractivity contribution in [2.45, 2.75) is 79.4 Å². The summed E-state index contributed by atoms with van der Waals surface area (Å²) in [5.74, 6) is 0.311. The molecule has 0 saturated carbocycles. The minimum atomic E-state index is -4.35. The number of hydrogen-bond donors (Lipinski definition) is 3. The number of methoxy groups -OCH3 is 2. The maximum Gasteiger partial charge on any atom is 0.342 e. The van der Waals surface area contributed by atoms with E-state index >= 15 is 0 Å². The third kappa shape index (κ3) is 16.0. The number of cyclic esters (lactones) is 2. The number of fused-ring (bicyclic) bond motifs is 2. The monoisotopic (exact) mass is 1020 g/mol. The number of nitrogens with zero attached hydrogens (tertiary/aromatic N) is 2. The maximum atomic E-state index is 12.7. The van der Waals surface area contributed by atoms with E-state index in [1.165, 1.54) is 17.7 Å². The Bertz CT molecular complexity index is 2540. The number of rotatable bonds is 22. The molecule has 18 nitrogen and oxygen atoms in total. The molecule has 0 aromatic heterocycles. The van der Waals surface area contributed by atoms with Gasteiger partial charge in [0, 0.05) is 62.7 Å². The van der Waals surface area contributed by atoms with Crippen molar-refractivity contribution in [2.75, 3.05) is 85.2 Å². The first kappa shape index (κ1) is 56.8. The first-order valence-corrected chi connectivity index (χ1v) is 33.1. The Hall–Kier alpha value is -3.52. The predicted molar refractivity (Wildman–Crippen MR) is 258 cm³/mol. The molecule has 2 aromatic carbocycles. The number of benzene rings is 2. The van der Waals surface area contributed by atoms with Gasteiger partial charge in [-0.25, -0.2) is 26.4 Å². The highest BCUT2D eigenvalue weighted by Crippen LogP contribution is 2.44. The first-order chi connectivity index (χ1) is 30.2. The van der Waals surface area contributed by atoms with Crippen molar-refractivity contribution in [3.63, 3.8) is 0 Å². The standard InChI is InChI=1S/C25H42NO7PSSi.C18H26NO9PS/c1-18(16-26(35(6,29)30)12-14-34(4,5)28)10-11-20-23(31-3)19(2)21-17-33-25(27)22(21)24(20)32-13-15-36(7,8)9;1-11(9-19(30(4,25)26)7-8-29(22,23)24)5-6-13-16(20)15-14(10-28-18(15)21)12(2)17(13)27-3/h10H,11-17H2,1-9H3;5,20H,6-10H2,1-4H3,(H2,22,23,24)/b18-10+;11-5+. The van der Waals surface area contributed by atoms with Crippen LogP contribution in [0.2, 0.25) is 25.7 Å². The molecule has 0 spiro atoms. The van der Waals surface area contributed by atoms with Crippen LogP contribution in [0.4, 0.5) is 0 Å². The molecule has 2 aliphatic rings. The fraction of sp³-hybridized carbons (Fsp3) is 0.581. The summed E-state index contributed by atoms with van der Waals surface area (Å²) in [7, 11) is -12.2. The molecule has 0 saturated heterocycles. The van der Waals surface area contributed by atoms with Crippen molar-refractivity contribution >= 4 is 54.8 Å². The van der Waals surface area contributed by atoms with Gasteiger partial charge in [0.2, 0.25) is 20.0 Å². The van der Waals surface area contributed by atoms with Crippen molar-refractivity contribution in [1.82, 2.24) is 8.61 Å². The molecule has 372 valence electrons. The van der Waals surface area contributed by atoms with Crippen LogP contribution in [0, 0.1) is 13.8 Å². The van der Waals surface area contributed by atoms with E-state index in [-0.39, 0.29) is 57.1 Å². The Morgan fingerprint density at radius 1 is 0.742 bits per heavy atom. The summed E-state index contributed by atoms with van der Waals surface area (Å²) in [6.45, 7) is 18.0. The van der Waals surface area contributed by atoms with Crippen LogP contribution in [0.1, 0.15) is 67.9 Å². The number of ether oxygens (including phenoxy) is 5. The second kappa shape index (κ2) is 22.7. The zero-order valence-corrected chi connectivity index (χ0v) is 44.8. The third-order valence-electron chi connectivity index (χ3n) is 11.0. The van der Waals surface area contributed by atoms with Crippen LogP contribution in [0.5, 0.6) is 23.0 Å². The topological polar surface area (TPSA) is 250 Å². The summed E-state index contributed by atoms with van der Waals surface area (Å²) in [5, 5.41) is 10.6. The van der Waals surface area contributed by atoms with Gasteiger partial charge in [-0.15, -0.1) is 0 Å². The van der Waals surface area contributed by atoms with Gasteiger partial charge in [-0.2, -0.15) is 8.61 Å². The number of allylic oxidation sites excluding steroid dienone is 2. The number of sulfonamides is 2. The van der Waals surface area contributed by atoms with Crippen LogP contribution in [0.15, 0.2) is 23.3 Å². The van der Waals surface area contributed by atoms with E-state index in [0.29, 0.717) is 64.3 Å². The molecule has 66 heavy (non-hydrogen) atoms. The van der Waals surface area contributed by atoms with E-state index in [2.05, 4.69) is 19.6 Å². The number of phenolic OH excluding ortho intramolecular Hbond substituents is 1. The van der Waals surface area contributed by atoms with Crippen LogP contribution < -0.4 is 14.2 Å². The molecular weight excluding hydrogens is 955 g/mol. The number of esters is 2. The summed E-state index contributed by atoms with van der Waals surface area (Å²) < 4.78 is 102. The van der Waals surface area contributed by atoms with E-state index in [0.717, 1.165) is 38.9 Å². The Labute approximate surface area is 391 Å². The normalized spacial score (nSPS) is 14.7. The molecule has 0 bridgehead atoms. The van der Waals surface area contributed by atoms with Gasteiger partial charge in [0.15, 0.2) is 0 Å². The SMILES string of the molecule is COc1c(C)c2c(c(O)c1C/C=C(\C)CN(CCP(=O)(O)O)S(C)(=O)=O)C(=O)OC2.COc1c(C)c2c(c(OCC[Si](C)(C)C)c1C/C=C(\C)CN(CCP(C)(C)=O)S(C)(=O)=O)C(=O)OC2. The molecule has 0 unspecified atom stereocenters. The number of hydrogen-bond acceptors (Lipinski definition) is 14. The maximum absolute atomic E-state index is 12.7. The summed E-state index contributed by atoms with van der Waals surface area (Å²) in [5.41, 5.74) is 5.99. The van der Waals surface area contributed by atoms with E-state index in [1.54, 1.807) is 40.4 Å².